The fourth-order valence-corrected chi connectivity index (χ4v) is 5.52. The Morgan fingerprint density at radius 2 is 2.05 bits per heavy atom. The summed E-state index contributed by atoms with van der Waals surface area (Å²) in [6.45, 7) is 11.3. The van der Waals surface area contributed by atoms with Gasteiger partial charge in [-0.1, -0.05) is 19.9 Å². The monoisotopic (exact) mass is 529 g/mol. The number of carbonyl (C=O) groups is 2. The molecule has 2 amide bonds. The van der Waals surface area contributed by atoms with Crippen molar-refractivity contribution in [1.29, 1.82) is 0 Å². The summed E-state index contributed by atoms with van der Waals surface area (Å²) in [6, 6.07) is 5.85. The standard InChI is InChI=1S/C28H31N7O2S/c1-5-34(6-2)11-10-30-27(37)25-17(3)23(31-18(25)4)14-21-20-13-19(7-8-22(20)32-26(21)36)24-15-38-28(33-24)35-12-9-29-16-35/h7-9,12-16,31H,5-6,10-11H2,1-4H3,(H,30,37)(H,32,36)/b21-14-. The summed E-state index contributed by atoms with van der Waals surface area (Å²) in [4.78, 5) is 40.3. The van der Waals surface area contributed by atoms with E-state index in [0.29, 0.717) is 17.7 Å². The van der Waals surface area contributed by atoms with E-state index >= 15 is 0 Å². The fourth-order valence-electron chi connectivity index (χ4n) is 4.74. The lowest BCUT2D eigenvalue weighted by atomic mass is 10.0. The van der Waals surface area contributed by atoms with Crippen LogP contribution in [0.3, 0.4) is 0 Å². The number of anilines is 1. The van der Waals surface area contributed by atoms with Crippen LogP contribution in [0.15, 0.2) is 42.3 Å². The lowest BCUT2D eigenvalue weighted by Crippen LogP contribution is -2.35. The lowest BCUT2D eigenvalue weighted by Gasteiger charge is -2.18. The van der Waals surface area contributed by atoms with Crippen LogP contribution in [0.4, 0.5) is 5.69 Å². The van der Waals surface area contributed by atoms with Crippen molar-refractivity contribution in [3.8, 4) is 16.4 Å². The predicted molar refractivity (Wildman–Crippen MR) is 152 cm³/mol. The summed E-state index contributed by atoms with van der Waals surface area (Å²) in [5.41, 5.74) is 6.82. The minimum absolute atomic E-state index is 0.108. The van der Waals surface area contributed by atoms with E-state index < -0.39 is 0 Å². The lowest BCUT2D eigenvalue weighted by molar-refractivity contribution is -0.110. The highest BCUT2D eigenvalue weighted by Gasteiger charge is 2.26. The molecule has 5 rings (SSSR count). The molecule has 0 radical (unpaired) electrons. The third kappa shape index (κ3) is 4.92. The van der Waals surface area contributed by atoms with E-state index in [1.54, 1.807) is 12.5 Å². The van der Waals surface area contributed by atoms with E-state index in [4.69, 9.17) is 4.98 Å². The van der Waals surface area contributed by atoms with Gasteiger partial charge in [-0.25, -0.2) is 9.97 Å². The van der Waals surface area contributed by atoms with Gasteiger partial charge in [0.15, 0.2) is 5.13 Å². The molecule has 0 unspecified atom stereocenters. The van der Waals surface area contributed by atoms with E-state index in [9.17, 15) is 9.59 Å². The number of likely N-dealkylation sites (N-methyl/N-ethyl adjacent to an activating group) is 1. The second kappa shape index (κ2) is 10.8. The van der Waals surface area contributed by atoms with Gasteiger partial charge in [-0.3, -0.25) is 14.2 Å². The number of amides is 2. The fraction of sp³-hybridized carbons (Fsp3) is 0.286. The van der Waals surface area contributed by atoms with Gasteiger partial charge in [0.1, 0.15) is 6.33 Å². The maximum absolute atomic E-state index is 13.0. The molecule has 0 aliphatic carbocycles. The molecule has 10 heteroatoms. The Labute approximate surface area is 225 Å². The van der Waals surface area contributed by atoms with Crippen LogP contribution in [0, 0.1) is 13.8 Å². The summed E-state index contributed by atoms with van der Waals surface area (Å²) in [7, 11) is 0. The Morgan fingerprint density at radius 1 is 1.24 bits per heavy atom. The first-order valence-electron chi connectivity index (χ1n) is 12.7. The van der Waals surface area contributed by atoms with Crippen molar-refractivity contribution in [3.63, 3.8) is 0 Å². The highest BCUT2D eigenvalue weighted by molar-refractivity contribution is 7.12. The molecule has 1 aliphatic heterocycles. The predicted octanol–water partition coefficient (Wildman–Crippen LogP) is 4.51. The zero-order chi connectivity index (χ0) is 26.8. The number of aromatic amines is 1. The van der Waals surface area contributed by atoms with Crippen molar-refractivity contribution in [3.05, 3.63) is 70.4 Å². The smallest absolute Gasteiger partial charge is 0.256 e. The number of nitrogens with zero attached hydrogens (tertiary/aromatic N) is 4. The molecule has 0 bridgehead atoms. The molecule has 0 saturated carbocycles. The normalized spacial score (nSPS) is 13.8. The molecule has 9 nitrogen and oxygen atoms in total. The number of nitrogens with one attached hydrogen (secondary N) is 3. The SMILES string of the molecule is CCN(CC)CCNC(=O)c1c(C)[nH]c(/C=C2\C(=O)Nc3ccc(-c4csc(-n5ccnc5)n4)cc32)c1C. The van der Waals surface area contributed by atoms with Gasteiger partial charge < -0.3 is 20.5 Å². The maximum atomic E-state index is 13.0. The highest BCUT2D eigenvalue weighted by atomic mass is 32.1. The number of aromatic nitrogens is 4. The number of thiazole rings is 1. The van der Waals surface area contributed by atoms with Crippen LogP contribution in [0.1, 0.15) is 46.7 Å². The largest absolute Gasteiger partial charge is 0.358 e. The second-order valence-corrected chi connectivity index (χ2v) is 10.0. The number of benzene rings is 1. The Hall–Kier alpha value is -4.02. The minimum Gasteiger partial charge on any atom is -0.358 e. The van der Waals surface area contributed by atoms with Crippen molar-refractivity contribution in [2.24, 2.45) is 0 Å². The van der Waals surface area contributed by atoms with E-state index in [1.165, 1.54) is 11.3 Å². The Kier molecular flexibility index (Phi) is 7.26. The van der Waals surface area contributed by atoms with E-state index in [2.05, 4.69) is 39.3 Å². The van der Waals surface area contributed by atoms with Crippen molar-refractivity contribution in [2.45, 2.75) is 27.7 Å². The summed E-state index contributed by atoms with van der Waals surface area (Å²) in [5.74, 6) is -0.282. The first-order chi connectivity index (χ1) is 18.4. The number of hydrogen-bond donors (Lipinski definition) is 3. The van der Waals surface area contributed by atoms with Crippen molar-refractivity contribution >= 4 is 40.5 Å². The molecule has 4 aromatic rings. The van der Waals surface area contributed by atoms with Gasteiger partial charge in [-0.05, 0) is 50.7 Å². The van der Waals surface area contributed by atoms with Gasteiger partial charge >= 0.3 is 0 Å². The molecule has 196 valence electrons. The maximum Gasteiger partial charge on any atom is 0.256 e. The van der Waals surface area contributed by atoms with Crippen LogP contribution in [0.5, 0.6) is 0 Å². The highest BCUT2D eigenvalue weighted by Crippen LogP contribution is 2.37. The Bertz CT molecular complexity index is 1510. The molecular formula is C28H31N7O2S. The first kappa shape index (κ1) is 25.6. The van der Waals surface area contributed by atoms with E-state index in [-0.39, 0.29) is 11.8 Å². The van der Waals surface area contributed by atoms with Gasteiger partial charge in [-0.15, -0.1) is 11.3 Å². The van der Waals surface area contributed by atoms with Crippen LogP contribution in [0.2, 0.25) is 0 Å². The number of aryl methyl sites for hydroxylation is 1. The molecule has 0 atom stereocenters. The molecule has 3 N–H and O–H groups in total. The van der Waals surface area contributed by atoms with Gasteiger partial charge in [0.05, 0.1) is 16.8 Å². The Morgan fingerprint density at radius 3 is 2.79 bits per heavy atom. The third-order valence-corrected chi connectivity index (χ3v) is 7.77. The molecule has 0 spiro atoms. The Balaban J connectivity index is 1.41. The summed E-state index contributed by atoms with van der Waals surface area (Å²) < 4.78 is 1.87. The number of imidazole rings is 1. The van der Waals surface area contributed by atoms with Crippen molar-refractivity contribution in [1.82, 2.24) is 29.7 Å². The van der Waals surface area contributed by atoms with Gasteiger partial charge in [0, 0.05) is 59.1 Å². The summed E-state index contributed by atoms with van der Waals surface area (Å²) in [6.07, 6.45) is 7.12. The third-order valence-electron chi connectivity index (χ3n) is 6.92. The molecule has 1 aromatic carbocycles. The molecule has 0 fully saturated rings. The van der Waals surface area contributed by atoms with Gasteiger partial charge in [0.25, 0.3) is 11.8 Å². The van der Waals surface area contributed by atoms with E-state index in [1.807, 2.05) is 54.3 Å². The van der Waals surface area contributed by atoms with Crippen molar-refractivity contribution in [2.75, 3.05) is 31.5 Å². The minimum atomic E-state index is -0.175. The van der Waals surface area contributed by atoms with Gasteiger partial charge in [-0.2, -0.15) is 0 Å². The number of hydrogen-bond acceptors (Lipinski definition) is 6. The molecule has 0 saturated heterocycles. The number of carbonyl (C=O) groups excluding carboxylic acids is 2. The molecule has 3 aromatic heterocycles. The zero-order valence-electron chi connectivity index (χ0n) is 22.0. The summed E-state index contributed by atoms with van der Waals surface area (Å²) in [5, 5.41) is 8.81. The van der Waals surface area contributed by atoms with Crippen molar-refractivity contribution < 1.29 is 9.59 Å². The quantitative estimate of drug-likeness (QED) is 0.277. The average Bonchev–Trinajstić information content (AvgIpc) is 3.70. The van der Waals surface area contributed by atoms with Crippen LogP contribution >= 0.6 is 11.3 Å². The zero-order valence-corrected chi connectivity index (χ0v) is 22.8. The summed E-state index contributed by atoms with van der Waals surface area (Å²) >= 11 is 1.53. The van der Waals surface area contributed by atoms with Crippen LogP contribution < -0.4 is 10.6 Å². The molecular weight excluding hydrogens is 498 g/mol. The second-order valence-electron chi connectivity index (χ2n) is 9.20. The van der Waals surface area contributed by atoms with Crippen LogP contribution in [0.25, 0.3) is 28.0 Å². The van der Waals surface area contributed by atoms with Crippen LogP contribution in [-0.4, -0.2) is 62.4 Å². The van der Waals surface area contributed by atoms with Gasteiger partial charge in [0.2, 0.25) is 0 Å². The molecule has 38 heavy (non-hydrogen) atoms. The number of fused-ring (bicyclic) bond motifs is 1. The average molecular weight is 530 g/mol. The number of H-pyrrole nitrogens is 1. The molecule has 1 aliphatic rings. The van der Waals surface area contributed by atoms with E-state index in [0.717, 1.165) is 64.2 Å². The van der Waals surface area contributed by atoms with Crippen LogP contribution in [-0.2, 0) is 4.79 Å². The number of rotatable bonds is 9. The topological polar surface area (TPSA) is 108 Å². The first-order valence-corrected chi connectivity index (χ1v) is 13.6. The molecule has 4 heterocycles.